The van der Waals surface area contributed by atoms with Gasteiger partial charge in [-0.1, -0.05) is 0 Å². The molecule has 2 rings (SSSR count). The summed E-state index contributed by atoms with van der Waals surface area (Å²) in [5.74, 6) is -1.64. The van der Waals surface area contributed by atoms with Gasteiger partial charge in [-0.3, -0.25) is 14.9 Å². The van der Waals surface area contributed by atoms with Gasteiger partial charge in [-0.2, -0.15) is 5.10 Å². The summed E-state index contributed by atoms with van der Waals surface area (Å²) >= 11 is 3.01. The molecule has 0 aromatic heterocycles. The quantitative estimate of drug-likeness (QED) is 0.449. The molecular formula is C13H14BrN3O6. The van der Waals surface area contributed by atoms with Gasteiger partial charge in [0.2, 0.25) is 5.91 Å². The second-order valence-electron chi connectivity index (χ2n) is 4.92. The van der Waals surface area contributed by atoms with Crippen LogP contribution in [0.5, 0.6) is 5.75 Å². The fourth-order valence-corrected chi connectivity index (χ4v) is 2.44. The van der Waals surface area contributed by atoms with E-state index in [1.807, 2.05) is 0 Å². The van der Waals surface area contributed by atoms with Gasteiger partial charge in [0, 0.05) is 17.7 Å². The zero-order valence-corrected chi connectivity index (χ0v) is 13.7. The summed E-state index contributed by atoms with van der Waals surface area (Å²) in [7, 11) is 0. The van der Waals surface area contributed by atoms with Crippen molar-refractivity contribution in [3.05, 3.63) is 32.3 Å². The van der Waals surface area contributed by atoms with Crippen LogP contribution in [-0.2, 0) is 14.3 Å². The molecule has 0 bridgehead atoms. The molecule has 0 radical (unpaired) electrons. The average Bonchev–Trinajstić information content (AvgIpc) is 2.89. The monoisotopic (exact) mass is 387 g/mol. The molecule has 0 atom stereocenters. The average molecular weight is 388 g/mol. The first-order chi connectivity index (χ1) is 10.8. The third-order valence-electron chi connectivity index (χ3n) is 3.06. The van der Waals surface area contributed by atoms with Gasteiger partial charge in [0.25, 0.3) is 5.69 Å². The standard InChI is InChI=1S/C13H14BrN3O6/c1-13(22-2-3-23-13)6-11(18)16-15-7-8-4-9(17(20)21)5-10(14)12(8)19/h4-5,7,19H,2-3,6H2,1H3,(H,16,18)/b15-7+. The molecule has 1 saturated heterocycles. The van der Waals surface area contributed by atoms with Crippen LogP contribution in [0.15, 0.2) is 21.7 Å². The van der Waals surface area contributed by atoms with Gasteiger partial charge in [0.1, 0.15) is 5.75 Å². The van der Waals surface area contributed by atoms with Crippen LogP contribution in [-0.4, -0.2) is 41.2 Å². The van der Waals surface area contributed by atoms with Crippen molar-refractivity contribution in [3.8, 4) is 5.75 Å². The Hall–Kier alpha value is -2.04. The molecule has 0 unspecified atom stereocenters. The fraction of sp³-hybridized carbons (Fsp3) is 0.385. The number of carbonyl (C=O) groups excluding carboxylic acids is 1. The summed E-state index contributed by atoms with van der Waals surface area (Å²) in [6, 6.07) is 2.31. The van der Waals surface area contributed by atoms with Crippen LogP contribution >= 0.6 is 15.9 Å². The molecular weight excluding hydrogens is 374 g/mol. The number of halogens is 1. The number of hydrogen-bond acceptors (Lipinski definition) is 7. The largest absolute Gasteiger partial charge is 0.506 e. The minimum Gasteiger partial charge on any atom is -0.506 e. The van der Waals surface area contributed by atoms with Gasteiger partial charge in [0.05, 0.1) is 35.2 Å². The third-order valence-corrected chi connectivity index (χ3v) is 3.67. The predicted octanol–water partition coefficient (Wildman–Crippen LogP) is 1.67. The van der Waals surface area contributed by atoms with Crippen LogP contribution in [0.2, 0.25) is 0 Å². The smallest absolute Gasteiger partial charge is 0.271 e. The minimum atomic E-state index is -0.976. The number of benzene rings is 1. The van der Waals surface area contributed by atoms with Gasteiger partial charge in [0.15, 0.2) is 5.79 Å². The van der Waals surface area contributed by atoms with Crippen molar-refractivity contribution in [2.24, 2.45) is 5.10 Å². The highest BCUT2D eigenvalue weighted by Crippen LogP contribution is 2.31. The molecule has 124 valence electrons. The van der Waals surface area contributed by atoms with E-state index in [9.17, 15) is 20.0 Å². The van der Waals surface area contributed by atoms with Gasteiger partial charge in [-0.05, 0) is 22.9 Å². The third kappa shape index (κ3) is 4.47. The highest BCUT2D eigenvalue weighted by molar-refractivity contribution is 9.10. The number of aromatic hydroxyl groups is 1. The molecule has 0 aliphatic carbocycles. The first-order valence-corrected chi connectivity index (χ1v) is 7.37. The normalized spacial score (nSPS) is 16.6. The molecule has 0 spiro atoms. The van der Waals surface area contributed by atoms with Crippen molar-refractivity contribution in [1.82, 2.24) is 5.43 Å². The maximum Gasteiger partial charge on any atom is 0.271 e. The number of nitro benzene ring substituents is 1. The van der Waals surface area contributed by atoms with Crippen molar-refractivity contribution in [2.75, 3.05) is 13.2 Å². The summed E-state index contributed by atoms with van der Waals surface area (Å²) in [4.78, 5) is 21.9. The van der Waals surface area contributed by atoms with E-state index in [-0.39, 0.29) is 27.9 Å². The van der Waals surface area contributed by atoms with Crippen LogP contribution in [0.25, 0.3) is 0 Å². The lowest BCUT2D eigenvalue weighted by Crippen LogP contribution is -2.33. The maximum atomic E-state index is 11.8. The Morgan fingerprint density at radius 1 is 1.57 bits per heavy atom. The maximum absolute atomic E-state index is 11.8. The summed E-state index contributed by atoms with van der Waals surface area (Å²) in [6.45, 7) is 2.48. The summed E-state index contributed by atoms with van der Waals surface area (Å²) in [6.07, 6.45) is 1.07. The zero-order chi connectivity index (χ0) is 17.0. The van der Waals surface area contributed by atoms with Gasteiger partial charge in [-0.15, -0.1) is 0 Å². The number of nitro groups is 1. The number of hydrogen-bond donors (Lipinski definition) is 2. The summed E-state index contributed by atoms with van der Waals surface area (Å²) < 4.78 is 10.7. The van der Waals surface area contributed by atoms with Crippen molar-refractivity contribution >= 4 is 33.7 Å². The first kappa shape index (κ1) is 17.3. The van der Waals surface area contributed by atoms with Crippen LogP contribution < -0.4 is 5.43 Å². The highest BCUT2D eigenvalue weighted by atomic mass is 79.9. The number of amides is 1. The lowest BCUT2D eigenvalue weighted by Gasteiger charge is -2.20. The van der Waals surface area contributed by atoms with Crippen molar-refractivity contribution in [1.29, 1.82) is 0 Å². The molecule has 9 nitrogen and oxygen atoms in total. The lowest BCUT2D eigenvalue weighted by atomic mass is 10.2. The Morgan fingerprint density at radius 3 is 2.83 bits per heavy atom. The van der Waals surface area contributed by atoms with E-state index >= 15 is 0 Å². The Morgan fingerprint density at radius 2 is 2.22 bits per heavy atom. The van der Waals surface area contributed by atoms with E-state index in [0.29, 0.717) is 13.2 Å². The second kappa shape index (κ2) is 7.02. The van der Waals surface area contributed by atoms with Gasteiger partial charge < -0.3 is 14.6 Å². The molecule has 1 aliphatic heterocycles. The highest BCUT2D eigenvalue weighted by Gasteiger charge is 2.33. The van der Waals surface area contributed by atoms with Gasteiger partial charge in [-0.25, -0.2) is 5.43 Å². The molecule has 1 aromatic rings. The molecule has 1 amide bonds. The van der Waals surface area contributed by atoms with E-state index in [0.717, 1.165) is 12.3 Å². The van der Waals surface area contributed by atoms with Crippen molar-refractivity contribution < 1.29 is 24.3 Å². The molecule has 2 N–H and O–H groups in total. The Bertz CT molecular complexity index is 657. The van der Waals surface area contributed by atoms with E-state index in [2.05, 4.69) is 26.5 Å². The van der Waals surface area contributed by atoms with E-state index in [1.54, 1.807) is 6.92 Å². The molecule has 1 aromatic carbocycles. The fourth-order valence-electron chi connectivity index (χ4n) is 1.97. The number of hydrazone groups is 1. The number of phenols is 1. The van der Waals surface area contributed by atoms with Crippen LogP contribution in [0.1, 0.15) is 18.9 Å². The summed E-state index contributed by atoms with van der Waals surface area (Å²) in [5, 5.41) is 24.3. The number of nitrogens with one attached hydrogen (secondary N) is 1. The topological polar surface area (TPSA) is 123 Å². The lowest BCUT2D eigenvalue weighted by molar-refractivity contribution is -0.385. The Labute approximate surface area is 139 Å². The number of phenolic OH excluding ortho intramolecular Hbond substituents is 1. The van der Waals surface area contributed by atoms with Crippen molar-refractivity contribution in [3.63, 3.8) is 0 Å². The van der Waals surface area contributed by atoms with Crippen LogP contribution in [0.4, 0.5) is 5.69 Å². The molecule has 1 aliphatic rings. The van der Waals surface area contributed by atoms with Crippen LogP contribution in [0, 0.1) is 10.1 Å². The van der Waals surface area contributed by atoms with Gasteiger partial charge >= 0.3 is 0 Å². The van der Waals surface area contributed by atoms with E-state index < -0.39 is 16.6 Å². The molecule has 10 heteroatoms. The van der Waals surface area contributed by atoms with E-state index in [4.69, 9.17) is 9.47 Å². The van der Waals surface area contributed by atoms with Crippen LogP contribution in [0.3, 0.4) is 0 Å². The number of ether oxygens (including phenoxy) is 2. The molecule has 0 saturated carbocycles. The predicted molar refractivity (Wildman–Crippen MR) is 83.1 cm³/mol. The number of nitrogens with zero attached hydrogens (tertiary/aromatic N) is 2. The number of non-ortho nitro benzene ring substituents is 1. The minimum absolute atomic E-state index is 0.0467. The Balaban J connectivity index is 2.02. The first-order valence-electron chi connectivity index (χ1n) is 6.57. The van der Waals surface area contributed by atoms with Crippen molar-refractivity contribution in [2.45, 2.75) is 19.1 Å². The molecule has 1 fully saturated rings. The second-order valence-corrected chi connectivity index (χ2v) is 5.78. The number of carbonyl (C=O) groups is 1. The molecule has 1 heterocycles. The summed E-state index contributed by atoms with van der Waals surface area (Å²) in [5.41, 5.74) is 2.12. The van der Waals surface area contributed by atoms with E-state index in [1.165, 1.54) is 6.07 Å². The Kier molecular flexibility index (Phi) is 5.29. The zero-order valence-electron chi connectivity index (χ0n) is 12.1. The number of rotatable bonds is 5. The SMILES string of the molecule is CC1(CC(=O)N/N=C/c2cc([N+](=O)[O-])cc(Br)c2O)OCCO1. The molecule has 23 heavy (non-hydrogen) atoms.